The molecule has 1 fully saturated rings. The maximum Gasteiger partial charge on any atom is 0.233 e. The lowest BCUT2D eigenvalue weighted by Gasteiger charge is -2.25. The first-order valence-corrected chi connectivity index (χ1v) is 7.13. The van der Waals surface area contributed by atoms with E-state index in [4.69, 9.17) is 5.73 Å². The molecule has 0 aliphatic heterocycles. The van der Waals surface area contributed by atoms with Gasteiger partial charge in [-0.05, 0) is 18.8 Å². The van der Waals surface area contributed by atoms with E-state index in [-0.39, 0.29) is 37.2 Å². The highest BCUT2D eigenvalue weighted by atomic mass is 35.5. The zero-order valence-electron chi connectivity index (χ0n) is 9.65. The minimum atomic E-state index is -3.26. The van der Waals surface area contributed by atoms with Crippen molar-refractivity contribution in [2.75, 3.05) is 25.4 Å². The summed E-state index contributed by atoms with van der Waals surface area (Å²) >= 11 is 0. The van der Waals surface area contributed by atoms with Crippen LogP contribution in [0.2, 0.25) is 0 Å². The summed E-state index contributed by atoms with van der Waals surface area (Å²) < 4.78 is 25.4. The normalized spacial score (nSPS) is 15.8. The van der Waals surface area contributed by atoms with Crippen LogP contribution in [-0.2, 0) is 14.8 Å². The van der Waals surface area contributed by atoms with Crippen molar-refractivity contribution in [3.8, 4) is 0 Å². The molecule has 4 N–H and O–H groups in total. The number of nitrogens with one attached hydrogen (secondary N) is 2. The zero-order chi connectivity index (χ0) is 12.0. The summed E-state index contributed by atoms with van der Waals surface area (Å²) in [5.74, 6) is 0.0634. The Balaban J connectivity index is 0.00000256. The van der Waals surface area contributed by atoms with Crippen molar-refractivity contribution < 1.29 is 13.2 Å². The predicted octanol–water partition coefficient (Wildman–Crippen LogP) is -0.797. The molecular weight excluding hydrogens is 266 g/mol. The maximum atomic E-state index is 11.5. The van der Waals surface area contributed by atoms with E-state index in [1.165, 1.54) is 6.42 Å². The zero-order valence-corrected chi connectivity index (χ0v) is 11.3. The van der Waals surface area contributed by atoms with Crippen LogP contribution in [0.4, 0.5) is 0 Å². The number of carbonyl (C=O) groups excluding carboxylic acids is 1. The fraction of sp³-hybridized carbons (Fsp3) is 0.889. The van der Waals surface area contributed by atoms with Gasteiger partial charge in [-0.15, -0.1) is 12.4 Å². The minimum Gasteiger partial charge on any atom is -0.354 e. The van der Waals surface area contributed by atoms with Gasteiger partial charge < -0.3 is 11.1 Å². The van der Waals surface area contributed by atoms with Gasteiger partial charge in [0.05, 0.1) is 12.3 Å². The van der Waals surface area contributed by atoms with E-state index >= 15 is 0 Å². The number of sulfonamides is 1. The van der Waals surface area contributed by atoms with Crippen molar-refractivity contribution in [1.82, 2.24) is 10.0 Å². The van der Waals surface area contributed by atoms with Gasteiger partial charge in [-0.3, -0.25) is 4.79 Å². The van der Waals surface area contributed by atoms with Gasteiger partial charge in [0.1, 0.15) is 0 Å². The smallest absolute Gasteiger partial charge is 0.233 e. The molecule has 8 heteroatoms. The van der Waals surface area contributed by atoms with E-state index in [1.807, 2.05) is 0 Å². The van der Waals surface area contributed by atoms with Gasteiger partial charge in [-0.1, -0.05) is 6.42 Å². The fourth-order valence-corrected chi connectivity index (χ4v) is 2.42. The highest BCUT2D eigenvalue weighted by molar-refractivity contribution is 7.89. The topological polar surface area (TPSA) is 101 Å². The van der Waals surface area contributed by atoms with E-state index < -0.39 is 10.0 Å². The first-order valence-electron chi connectivity index (χ1n) is 5.47. The largest absolute Gasteiger partial charge is 0.354 e. The van der Waals surface area contributed by atoms with Crippen LogP contribution >= 0.6 is 12.4 Å². The lowest BCUT2D eigenvalue weighted by Crippen LogP contribution is -2.39. The summed E-state index contributed by atoms with van der Waals surface area (Å²) in [5, 5.41) is 2.42. The molecule has 1 aliphatic carbocycles. The monoisotopic (exact) mass is 285 g/mol. The van der Waals surface area contributed by atoms with Crippen molar-refractivity contribution in [3.63, 3.8) is 0 Å². The molecule has 0 bridgehead atoms. The summed E-state index contributed by atoms with van der Waals surface area (Å²) in [7, 11) is -3.26. The Morgan fingerprint density at radius 2 is 2.00 bits per heavy atom. The number of halogens is 1. The molecule has 0 radical (unpaired) electrons. The van der Waals surface area contributed by atoms with Gasteiger partial charge >= 0.3 is 0 Å². The summed E-state index contributed by atoms with van der Waals surface area (Å²) in [6, 6.07) is 0. The van der Waals surface area contributed by atoms with Gasteiger partial charge in [0.15, 0.2) is 0 Å². The Hall–Kier alpha value is -0.370. The highest BCUT2D eigenvalue weighted by Gasteiger charge is 2.19. The standard InChI is InChI=1S/C9H19N3O3S.ClH/c10-6-9(13)11-4-5-16(14,15)12-7-8-2-1-3-8;/h8,12H,1-7,10H2,(H,11,13);1H. The van der Waals surface area contributed by atoms with Crippen LogP contribution in [-0.4, -0.2) is 39.7 Å². The highest BCUT2D eigenvalue weighted by Crippen LogP contribution is 2.25. The number of hydrogen-bond donors (Lipinski definition) is 3. The van der Waals surface area contributed by atoms with Crippen LogP contribution in [0.5, 0.6) is 0 Å². The Morgan fingerprint density at radius 1 is 1.35 bits per heavy atom. The quantitative estimate of drug-likeness (QED) is 0.570. The predicted molar refractivity (Wildman–Crippen MR) is 68.4 cm³/mol. The molecule has 0 aromatic carbocycles. The van der Waals surface area contributed by atoms with Crippen LogP contribution in [0.1, 0.15) is 19.3 Å². The van der Waals surface area contributed by atoms with Gasteiger partial charge in [0.25, 0.3) is 0 Å². The Morgan fingerprint density at radius 3 is 2.47 bits per heavy atom. The van der Waals surface area contributed by atoms with Crippen molar-refractivity contribution >= 4 is 28.3 Å². The third kappa shape index (κ3) is 6.82. The molecular formula is C9H20ClN3O3S. The summed E-state index contributed by atoms with van der Waals surface area (Å²) in [6.07, 6.45) is 3.40. The Bertz CT molecular complexity index is 330. The number of carbonyl (C=O) groups is 1. The van der Waals surface area contributed by atoms with Crippen LogP contribution in [0.15, 0.2) is 0 Å². The molecule has 1 saturated carbocycles. The first kappa shape index (κ1) is 16.6. The van der Waals surface area contributed by atoms with Crippen molar-refractivity contribution in [1.29, 1.82) is 0 Å². The number of amides is 1. The summed E-state index contributed by atoms with van der Waals surface area (Å²) in [5.41, 5.74) is 5.07. The number of hydrogen-bond acceptors (Lipinski definition) is 4. The molecule has 0 aromatic rings. The first-order chi connectivity index (χ1) is 7.53. The summed E-state index contributed by atoms with van der Waals surface area (Å²) in [4.78, 5) is 10.8. The average Bonchev–Trinajstić information content (AvgIpc) is 2.14. The molecule has 6 nitrogen and oxygen atoms in total. The van der Waals surface area contributed by atoms with Gasteiger partial charge in [-0.2, -0.15) is 0 Å². The molecule has 1 aliphatic rings. The molecule has 0 unspecified atom stereocenters. The molecule has 102 valence electrons. The second-order valence-electron chi connectivity index (χ2n) is 4.02. The van der Waals surface area contributed by atoms with Crippen LogP contribution < -0.4 is 15.8 Å². The third-order valence-electron chi connectivity index (χ3n) is 2.70. The number of rotatable bonds is 7. The van der Waals surface area contributed by atoms with Crippen LogP contribution in [0, 0.1) is 5.92 Å². The average molecular weight is 286 g/mol. The fourth-order valence-electron chi connectivity index (χ4n) is 1.41. The van der Waals surface area contributed by atoms with Crippen molar-refractivity contribution in [3.05, 3.63) is 0 Å². The molecule has 0 spiro atoms. The van der Waals surface area contributed by atoms with Crippen LogP contribution in [0.3, 0.4) is 0 Å². The van der Waals surface area contributed by atoms with E-state index in [0.29, 0.717) is 12.5 Å². The Kier molecular flexibility index (Phi) is 7.69. The molecule has 17 heavy (non-hydrogen) atoms. The minimum absolute atomic E-state index is 0. The van der Waals surface area contributed by atoms with E-state index in [9.17, 15) is 13.2 Å². The third-order valence-corrected chi connectivity index (χ3v) is 4.04. The second-order valence-corrected chi connectivity index (χ2v) is 5.94. The van der Waals surface area contributed by atoms with E-state index in [0.717, 1.165) is 12.8 Å². The SMILES string of the molecule is Cl.NCC(=O)NCCS(=O)(=O)NCC1CCC1. The lowest BCUT2D eigenvalue weighted by atomic mass is 9.86. The molecule has 1 amide bonds. The Labute approximate surface area is 108 Å². The van der Waals surface area contributed by atoms with E-state index in [2.05, 4.69) is 10.0 Å². The molecule has 0 atom stereocenters. The van der Waals surface area contributed by atoms with Gasteiger partial charge in [-0.25, -0.2) is 13.1 Å². The van der Waals surface area contributed by atoms with Gasteiger partial charge in [0, 0.05) is 13.1 Å². The lowest BCUT2D eigenvalue weighted by molar-refractivity contribution is -0.119. The number of nitrogens with two attached hydrogens (primary N) is 1. The second kappa shape index (κ2) is 7.86. The molecule has 1 rings (SSSR count). The van der Waals surface area contributed by atoms with Gasteiger partial charge in [0.2, 0.25) is 15.9 Å². The molecule has 0 saturated heterocycles. The van der Waals surface area contributed by atoms with E-state index in [1.54, 1.807) is 0 Å². The maximum absolute atomic E-state index is 11.5. The molecule has 0 heterocycles. The summed E-state index contributed by atoms with van der Waals surface area (Å²) in [6.45, 7) is 0.513. The van der Waals surface area contributed by atoms with Crippen LogP contribution in [0.25, 0.3) is 0 Å². The molecule has 0 aromatic heterocycles. The van der Waals surface area contributed by atoms with Crippen molar-refractivity contribution in [2.24, 2.45) is 11.7 Å². The van der Waals surface area contributed by atoms with Crippen molar-refractivity contribution in [2.45, 2.75) is 19.3 Å².